The van der Waals surface area contributed by atoms with E-state index < -0.39 is 5.41 Å². The van der Waals surface area contributed by atoms with Gasteiger partial charge in [0.1, 0.15) is 5.41 Å². The standard InChI is InChI=1S/C22H26N2O4/c1-15-6-4-5-7-17(15)24-21(26)22(11-12-22)20(25)23-13-10-16-8-9-18(27-2)19(14-16)28-3/h4-9,14H,10-13H2,1-3H3,(H,23,25)(H,24,26). The van der Waals surface area contributed by atoms with E-state index in [2.05, 4.69) is 10.6 Å². The number of ether oxygens (including phenoxy) is 2. The van der Waals surface area contributed by atoms with Crippen LogP contribution in [-0.2, 0) is 16.0 Å². The number of anilines is 1. The molecule has 3 rings (SSSR count). The Morgan fingerprint density at radius 1 is 1.00 bits per heavy atom. The van der Waals surface area contributed by atoms with Crippen molar-refractivity contribution < 1.29 is 19.1 Å². The van der Waals surface area contributed by atoms with Crippen LogP contribution in [0.25, 0.3) is 0 Å². The van der Waals surface area contributed by atoms with Gasteiger partial charge in [0, 0.05) is 12.2 Å². The van der Waals surface area contributed by atoms with Crippen LogP contribution in [0.5, 0.6) is 11.5 Å². The number of aryl methyl sites for hydroxylation is 1. The molecule has 6 nitrogen and oxygen atoms in total. The molecule has 2 N–H and O–H groups in total. The molecule has 0 unspecified atom stereocenters. The highest BCUT2D eigenvalue weighted by Gasteiger charge is 2.56. The number of carbonyl (C=O) groups is 2. The van der Waals surface area contributed by atoms with Crippen molar-refractivity contribution in [3.63, 3.8) is 0 Å². The lowest BCUT2D eigenvalue weighted by molar-refractivity contribution is -0.134. The fourth-order valence-corrected chi connectivity index (χ4v) is 3.16. The topological polar surface area (TPSA) is 76.7 Å². The molecule has 6 heteroatoms. The average molecular weight is 382 g/mol. The van der Waals surface area contributed by atoms with Gasteiger partial charge in [-0.1, -0.05) is 24.3 Å². The van der Waals surface area contributed by atoms with Crippen LogP contribution in [0.3, 0.4) is 0 Å². The fraction of sp³-hybridized carbons (Fsp3) is 0.364. The van der Waals surface area contributed by atoms with Crippen molar-refractivity contribution in [1.29, 1.82) is 0 Å². The first kappa shape index (κ1) is 19.7. The minimum Gasteiger partial charge on any atom is -0.493 e. The van der Waals surface area contributed by atoms with Gasteiger partial charge < -0.3 is 20.1 Å². The summed E-state index contributed by atoms with van der Waals surface area (Å²) in [5, 5.41) is 5.81. The predicted molar refractivity (Wildman–Crippen MR) is 108 cm³/mol. The molecule has 1 saturated carbocycles. The maximum atomic E-state index is 12.7. The number of benzene rings is 2. The third-order valence-corrected chi connectivity index (χ3v) is 5.16. The van der Waals surface area contributed by atoms with Crippen LogP contribution in [0.15, 0.2) is 42.5 Å². The van der Waals surface area contributed by atoms with E-state index in [1.54, 1.807) is 14.2 Å². The Balaban J connectivity index is 1.56. The molecular formula is C22H26N2O4. The molecule has 2 aromatic rings. The van der Waals surface area contributed by atoms with Crippen molar-refractivity contribution in [2.45, 2.75) is 26.2 Å². The summed E-state index contributed by atoms with van der Waals surface area (Å²) in [7, 11) is 3.18. The smallest absolute Gasteiger partial charge is 0.240 e. The molecule has 0 spiro atoms. The van der Waals surface area contributed by atoms with Gasteiger partial charge in [0.05, 0.1) is 14.2 Å². The van der Waals surface area contributed by atoms with Gasteiger partial charge in [-0.05, 0) is 55.5 Å². The Kier molecular flexibility index (Phi) is 5.87. The maximum Gasteiger partial charge on any atom is 0.240 e. The Bertz CT molecular complexity index is 875. The van der Waals surface area contributed by atoms with Crippen LogP contribution in [0.4, 0.5) is 5.69 Å². The van der Waals surface area contributed by atoms with Gasteiger partial charge in [-0.15, -0.1) is 0 Å². The van der Waals surface area contributed by atoms with Crippen LogP contribution in [0.1, 0.15) is 24.0 Å². The highest BCUT2D eigenvalue weighted by Crippen LogP contribution is 2.47. The van der Waals surface area contributed by atoms with Crippen molar-refractivity contribution >= 4 is 17.5 Å². The second kappa shape index (κ2) is 8.33. The number of para-hydroxylation sites is 1. The molecule has 1 aliphatic carbocycles. The lowest BCUT2D eigenvalue weighted by Crippen LogP contribution is -2.40. The minimum absolute atomic E-state index is 0.209. The van der Waals surface area contributed by atoms with E-state index in [1.807, 2.05) is 49.4 Å². The van der Waals surface area contributed by atoms with E-state index in [1.165, 1.54) is 0 Å². The van der Waals surface area contributed by atoms with Crippen LogP contribution in [0, 0.1) is 12.3 Å². The number of nitrogens with one attached hydrogen (secondary N) is 2. The Labute approximate surface area is 165 Å². The molecular weight excluding hydrogens is 356 g/mol. The van der Waals surface area contributed by atoms with Gasteiger partial charge in [0.15, 0.2) is 11.5 Å². The molecule has 2 amide bonds. The second-order valence-electron chi connectivity index (χ2n) is 7.05. The van der Waals surface area contributed by atoms with E-state index in [4.69, 9.17) is 9.47 Å². The zero-order valence-corrected chi connectivity index (χ0v) is 16.5. The van der Waals surface area contributed by atoms with Crippen molar-refractivity contribution in [3.8, 4) is 11.5 Å². The van der Waals surface area contributed by atoms with Crippen LogP contribution >= 0.6 is 0 Å². The highest BCUT2D eigenvalue weighted by atomic mass is 16.5. The molecule has 0 bridgehead atoms. The molecule has 0 radical (unpaired) electrons. The SMILES string of the molecule is COc1ccc(CCNC(=O)C2(C(=O)Nc3ccccc3C)CC2)cc1OC. The molecule has 0 atom stereocenters. The summed E-state index contributed by atoms with van der Waals surface area (Å²) in [4.78, 5) is 25.3. The van der Waals surface area contributed by atoms with Gasteiger partial charge in [0.2, 0.25) is 11.8 Å². The van der Waals surface area contributed by atoms with Crippen molar-refractivity contribution in [2.75, 3.05) is 26.1 Å². The number of hydrogen-bond donors (Lipinski definition) is 2. The number of amides is 2. The molecule has 0 aromatic heterocycles. The number of methoxy groups -OCH3 is 2. The second-order valence-corrected chi connectivity index (χ2v) is 7.05. The summed E-state index contributed by atoms with van der Waals surface area (Å²) in [6.45, 7) is 2.38. The van der Waals surface area contributed by atoms with Crippen molar-refractivity contribution in [3.05, 3.63) is 53.6 Å². The van der Waals surface area contributed by atoms with E-state index in [0.29, 0.717) is 37.3 Å². The molecule has 0 heterocycles. The average Bonchev–Trinajstić information content (AvgIpc) is 3.51. The van der Waals surface area contributed by atoms with Gasteiger partial charge in [-0.3, -0.25) is 9.59 Å². The number of carbonyl (C=O) groups excluding carboxylic acids is 2. The van der Waals surface area contributed by atoms with E-state index >= 15 is 0 Å². The van der Waals surface area contributed by atoms with Gasteiger partial charge in [0.25, 0.3) is 0 Å². The van der Waals surface area contributed by atoms with E-state index in [-0.39, 0.29) is 11.8 Å². The molecule has 0 saturated heterocycles. The third kappa shape index (κ3) is 4.11. The monoisotopic (exact) mass is 382 g/mol. The largest absolute Gasteiger partial charge is 0.493 e. The Hall–Kier alpha value is -3.02. The van der Waals surface area contributed by atoms with Gasteiger partial charge in [-0.2, -0.15) is 0 Å². The molecule has 1 fully saturated rings. The molecule has 0 aliphatic heterocycles. The lowest BCUT2D eigenvalue weighted by Gasteiger charge is -2.16. The van der Waals surface area contributed by atoms with Crippen LogP contribution in [0.2, 0.25) is 0 Å². The zero-order valence-electron chi connectivity index (χ0n) is 16.5. The first-order valence-electron chi connectivity index (χ1n) is 9.36. The molecule has 28 heavy (non-hydrogen) atoms. The Morgan fingerprint density at radius 2 is 1.71 bits per heavy atom. The van der Waals surface area contributed by atoms with Gasteiger partial charge >= 0.3 is 0 Å². The lowest BCUT2D eigenvalue weighted by atomic mass is 10.0. The van der Waals surface area contributed by atoms with E-state index in [9.17, 15) is 9.59 Å². The first-order valence-corrected chi connectivity index (χ1v) is 9.36. The third-order valence-electron chi connectivity index (χ3n) is 5.16. The molecule has 148 valence electrons. The first-order chi connectivity index (χ1) is 13.5. The zero-order chi connectivity index (χ0) is 20.1. The summed E-state index contributed by atoms with van der Waals surface area (Å²) in [5.74, 6) is 0.882. The summed E-state index contributed by atoms with van der Waals surface area (Å²) < 4.78 is 10.5. The quantitative estimate of drug-likeness (QED) is 0.688. The highest BCUT2D eigenvalue weighted by molar-refractivity contribution is 6.13. The molecule has 2 aromatic carbocycles. The molecule has 1 aliphatic rings. The number of rotatable bonds is 8. The minimum atomic E-state index is -0.945. The maximum absolute atomic E-state index is 12.7. The van der Waals surface area contributed by atoms with Crippen molar-refractivity contribution in [2.24, 2.45) is 5.41 Å². The summed E-state index contributed by atoms with van der Waals surface area (Å²) in [6, 6.07) is 13.2. The van der Waals surface area contributed by atoms with E-state index in [0.717, 1.165) is 16.8 Å². The predicted octanol–water partition coefficient (Wildman–Crippen LogP) is 3.09. The summed E-state index contributed by atoms with van der Waals surface area (Å²) >= 11 is 0. The van der Waals surface area contributed by atoms with Gasteiger partial charge in [-0.25, -0.2) is 0 Å². The summed E-state index contributed by atoms with van der Waals surface area (Å²) in [5.41, 5.74) is 1.80. The van der Waals surface area contributed by atoms with Crippen LogP contribution in [-0.4, -0.2) is 32.6 Å². The summed E-state index contributed by atoms with van der Waals surface area (Å²) in [6.07, 6.45) is 1.79. The van der Waals surface area contributed by atoms with Crippen molar-refractivity contribution in [1.82, 2.24) is 5.32 Å². The van der Waals surface area contributed by atoms with Crippen LogP contribution < -0.4 is 20.1 Å². The Morgan fingerprint density at radius 3 is 2.36 bits per heavy atom. The normalized spacial score (nSPS) is 14.1. The fourth-order valence-electron chi connectivity index (χ4n) is 3.16. The number of hydrogen-bond acceptors (Lipinski definition) is 4.